The Hall–Kier alpha value is -3.26. The minimum Gasteiger partial charge on any atom is -0.497 e. The molecule has 8 heteroatoms. The zero-order chi connectivity index (χ0) is 20.4. The number of methoxy groups -OCH3 is 1. The van der Waals surface area contributed by atoms with Crippen molar-refractivity contribution in [2.45, 2.75) is 26.4 Å². The number of rotatable bonds is 6. The van der Waals surface area contributed by atoms with Gasteiger partial charge in [0.25, 0.3) is 5.91 Å². The third-order valence-corrected chi connectivity index (χ3v) is 5.50. The van der Waals surface area contributed by atoms with Crippen LogP contribution in [0.15, 0.2) is 54.9 Å². The van der Waals surface area contributed by atoms with Crippen LogP contribution in [-0.4, -0.2) is 32.8 Å². The van der Waals surface area contributed by atoms with E-state index < -0.39 is 0 Å². The number of amides is 1. The van der Waals surface area contributed by atoms with Gasteiger partial charge in [0.15, 0.2) is 10.8 Å². The molecule has 0 saturated carbocycles. The Kier molecular flexibility index (Phi) is 5.26. The molecular formula is C21H21N5O2S. The van der Waals surface area contributed by atoms with Crippen molar-refractivity contribution in [1.29, 1.82) is 0 Å². The predicted octanol–water partition coefficient (Wildman–Crippen LogP) is 4.32. The van der Waals surface area contributed by atoms with E-state index in [1.54, 1.807) is 29.0 Å². The second-order valence-corrected chi connectivity index (χ2v) is 7.83. The molecule has 0 aliphatic rings. The molecule has 0 bridgehead atoms. The standard InChI is InChI=1S/C21H21N5O2S/c1-14(2)26-11-9-18(24-26)20(27)25(13-15-6-4-5-10-22-15)21-23-17-8-7-16(28-3)12-19(17)29-21/h4-12,14H,13H2,1-3H3. The number of ether oxygens (including phenoxy) is 1. The van der Waals surface area contributed by atoms with Gasteiger partial charge in [-0.1, -0.05) is 17.4 Å². The van der Waals surface area contributed by atoms with Crippen LogP contribution in [0.2, 0.25) is 0 Å². The van der Waals surface area contributed by atoms with E-state index in [0.29, 0.717) is 17.4 Å². The second-order valence-electron chi connectivity index (χ2n) is 6.82. The SMILES string of the molecule is COc1ccc2nc(N(Cc3ccccn3)C(=O)c3ccn(C(C)C)n3)sc2c1. The Morgan fingerprint density at radius 2 is 2.10 bits per heavy atom. The molecule has 0 spiro atoms. The number of pyridine rings is 1. The summed E-state index contributed by atoms with van der Waals surface area (Å²) in [6.07, 6.45) is 3.54. The topological polar surface area (TPSA) is 73.1 Å². The van der Waals surface area contributed by atoms with Gasteiger partial charge in [-0.2, -0.15) is 5.10 Å². The van der Waals surface area contributed by atoms with E-state index in [1.807, 2.05) is 56.4 Å². The molecule has 0 unspecified atom stereocenters. The van der Waals surface area contributed by atoms with Crippen molar-refractivity contribution < 1.29 is 9.53 Å². The van der Waals surface area contributed by atoms with E-state index in [-0.39, 0.29) is 11.9 Å². The van der Waals surface area contributed by atoms with Crippen LogP contribution < -0.4 is 9.64 Å². The Balaban J connectivity index is 1.74. The van der Waals surface area contributed by atoms with Crippen molar-refractivity contribution in [2.24, 2.45) is 0 Å². The van der Waals surface area contributed by atoms with E-state index in [9.17, 15) is 4.79 Å². The van der Waals surface area contributed by atoms with Crippen molar-refractivity contribution in [3.05, 3.63) is 66.2 Å². The van der Waals surface area contributed by atoms with Gasteiger partial charge in [-0.3, -0.25) is 19.4 Å². The van der Waals surface area contributed by atoms with E-state index in [4.69, 9.17) is 4.74 Å². The predicted molar refractivity (Wildman–Crippen MR) is 114 cm³/mol. The molecule has 3 aromatic heterocycles. The quantitative estimate of drug-likeness (QED) is 0.476. The molecule has 0 saturated heterocycles. The van der Waals surface area contributed by atoms with Crippen LogP contribution in [0.4, 0.5) is 5.13 Å². The molecule has 4 aromatic rings. The summed E-state index contributed by atoms with van der Waals surface area (Å²) in [7, 11) is 1.63. The van der Waals surface area contributed by atoms with Crippen LogP contribution in [0.1, 0.15) is 36.1 Å². The van der Waals surface area contributed by atoms with Gasteiger partial charge in [0, 0.05) is 18.4 Å². The monoisotopic (exact) mass is 407 g/mol. The zero-order valence-electron chi connectivity index (χ0n) is 16.4. The lowest BCUT2D eigenvalue weighted by atomic mass is 10.3. The lowest BCUT2D eigenvalue weighted by molar-refractivity contribution is 0.0979. The number of fused-ring (bicyclic) bond motifs is 1. The summed E-state index contributed by atoms with van der Waals surface area (Å²) in [5.74, 6) is 0.548. The Labute approximate surface area is 172 Å². The highest BCUT2D eigenvalue weighted by atomic mass is 32.1. The van der Waals surface area contributed by atoms with Gasteiger partial charge in [0.2, 0.25) is 0 Å². The van der Waals surface area contributed by atoms with Crippen molar-refractivity contribution in [2.75, 3.05) is 12.0 Å². The van der Waals surface area contributed by atoms with Gasteiger partial charge in [-0.05, 0) is 50.2 Å². The van der Waals surface area contributed by atoms with Crippen molar-refractivity contribution >= 4 is 32.6 Å². The number of anilines is 1. The van der Waals surface area contributed by atoms with Crippen molar-refractivity contribution in [3.63, 3.8) is 0 Å². The summed E-state index contributed by atoms with van der Waals surface area (Å²) in [5, 5.41) is 5.04. The molecule has 0 radical (unpaired) electrons. The Bertz CT molecular complexity index is 1140. The normalized spacial score (nSPS) is 11.2. The van der Waals surface area contributed by atoms with Gasteiger partial charge < -0.3 is 4.74 Å². The number of thiazole rings is 1. The molecular weight excluding hydrogens is 386 g/mol. The highest BCUT2D eigenvalue weighted by Gasteiger charge is 2.24. The fraction of sp³-hybridized carbons (Fsp3) is 0.238. The molecule has 0 fully saturated rings. The number of aromatic nitrogens is 4. The number of carbonyl (C=O) groups excluding carboxylic acids is 1. The number of carbonyl (C=O) groups is 1. The lowest BCUT2D eigenvalue weighted by Gasteiger charge is -2.18. The van der Waals surface area contributed by atoms with E-state index in [2.05, 4.69) is 15.1 Å². The first-order valence-corrected chi connectivity index (χ1v) is 10.1. The van der Waals surface area contributed by atoms with Gasteiger partial charge in [-0.15, -0.1) is 0 Å². The first-order valence-electron chi connectivity index (χ1n) is 9.26. The summed E-state index contributed by atoms with van der Waals surface area (Å²) in [5.41, 5.74) is 1.98. The van der Waals surface area contributed by atoms with Crippen LogP contribution in [0.25, 0.3) is 10.2 Å². The fourth-order valence-corrected chi connectivity index (χ4v) is 3.88. The largest absolute Gasteiger partial charge is 0.497 e. The average molecular weight is 407 g/mol. The molecule has 148 valence electrons. The molecule has 0 aliphatic carbocycles. The maximum absolute atomic E-state index is 13.3. The highest BCUT2D eigenvalue weighted by molar-refractivity contribution is 7.22. The van der Waals surface area contributed by atoms with E-state index in [1.165, 1.54) is 11.3 Å². The van der Waals surface area contributed by atoms with Crippen LogP contribution in [-0.2, 0) is 6.54 Å². The first-order chi connectivity index (χ1) is 14.0. The molecule has 29 heavy (non-hydrogen) atoms. The molecule has 1 amide bonds. The number of hydrogen-bond acceptors (Lipinski definition) is 6. The lowest BCUT2D eigenvalue weighted by Crippen LogP contribution is -2.31. The molecule has 1 aromatic carbocycles. The van der Waals surface area contributed by atoms with Gasteiger partial charge in [0.1, 0.15) is 5.75 Å². The average Bonchev–Trinajstić information content (AvgIpc) is 3.39. The maximum Gasteiger partial charge on any atom is 0.280 e. The summed E-state index contributed by atoms with van der Waals surface area (Å²) in [6.45, 7) is 4.35. The summed E-state index contributed by atoms with van der Waals surface area (Å²) in [6, 6.07) is 13.2. The number of hydrogen-bond donors (Lipinski definition) is 0. The smallest absolute Gasteiger partial charge is 0.280 e. The molecule has 0 N–H and O–H groups in total. The third-order valence-electron chi connectivity index (χ3n) is 4.46. The van der Waals surface area contributed by atoms with Crippen molar-refractivity contribution in [3.8, 4) is 5.75 Å². The molecule has 7 nitrogen and oxygen atoms in total. The van der Waals surface area contributed by atoms with Crippen LogP contribution in [0.3, 0.4) is 0 Å². The zero-order valence-corrected chi connectivity index (χ0v) is 17.3. The van der Waals surface area contributed by atoms with Gasteiger partial charge in [-0.25, -0.2) is 4.98 Å². The minimum atomic E-state index is -0.207. The number of nitrogens with zero attached hydrogens (tertiary/aromatic N) is 5. The van der Waals surface area contributed by atoms with Crippen LogP contribution >= 0.6 is 11.3 Å². The molecule has 0 aliphatic heterocycles. The first kappa shape index (κ1) is 19.1. The maximum atomic E-state index is 13.3. The van der Waals surface area contributed by atoms with Gasteiger partial charge >= 0.3 is 0 Å². The van der Waals surface area contributed by atoms with E-state index >= 15 is 0 Å². The Morgan fingerprint density at radius 1 is 1.24 bits per heavy atom. The van der Waals surface area contributed by atoms with Crippen molar-refractivity contribution in [1.82, 2.24) is 19.7 Å². The molecule has 4 rings (SSSR count). The van der Waals surface area contributed by atoms with E-state index in [0.717, 1.165) is 21.7 Å². The molecule has 3 heterocycles. The summed E-state index contributed by atoms with van der Waals surface area (Å²) < 4.78 is 8.03. The fourth-order valence-electron chi connectivity index (χ4n) is 2.89. The Morgan fingerprint density at radius 3 is 2.79 bits per heavy atom. The third kappa shape index (κ3) is 3.97. The molecule has 0 atom stereocenters. The highest BCUT2D eigenvalue weighted by Crippen LogP contribution is 2.32. The van der Waals surface area contributed by atoms with Gasteiger partial charge in [0.05, 0.1) is 29.6 Å². The van der Waals surface area contributed by atoms with Crippen LogP contribution in [0.5, 0.6) is 5.75 Å². The van der Waals surface area contributed by atoms with Crippen LogP contribution in [0, 0.1) is 0 Å². The summed E-state index contributed by atoms with van der Waals surface area (Å²) >= 11 is 1.44. The number of benzene rings is 1. The minimum absolute atomic E-state index is 0.177. The summed E-state index contributed by atoms with van der Waals surface area (Å²) in [4.78, 5) is 24.0. The second kappa shape index (κ2) is 8.00.